The first-order chi connectivity index (χ1) is 11.0. The average molecular weight is 353 g/mol. The lowest BCUT2D eigenvalue weighted by molar-refractivity contribution is 0.0846. The molecule has 0 fully saturated rings. The molecule has 0 heterocycles. The third-order valence-electron chi connectivity index (χ3n) is 2.91. The van der Waals surface area contributed by atoms with Crippen molar-refractivity contribution in [3.8, 4) is 5.75 Å². The highest BCUT2D eigenvalue weighted by atomic mass is 35.5. The number of nitrogens with one attached hydrogen (secondary N) is 2. The summed E-state index contributed by atoms with van der Waals surface area (Å²) in [6.07, 6.45) is 0. The third-order valence-corrected chi connectivity index (χ3v) is 3.73. The number of ether oxygens (including phenoxy) is 1. The summed E-state index contributed by atoms with van der Waals surface area (Å²) in [6.45, 7) is 2.42. The van der Waals surface area contributed by atoms with Gasteiger partial charge < -0.3 is 4.74 Å². The molecule has 0 saturated carbocycles. The van der Waals surface area contributed by atoms with E-state index in [1.807, 2.05) is 6.92 Å². The smallest absolute Gasteiger partial charge is 0.271 e. The Balaban J connectivity index is 1.98. The van der Waals surface area contributed by atoms with Crippen LogP contribution in [-0.2, 0) is 0 Å². The lowest BCUT2D eigenvalue weighted by Crippen LogP contribution is -2.41. The van der Waals surface area contributed by atoms with E-state index in [1.54, 1.807) is 36.4 Å². The Hall–Kier alpha value is -2.24. The Kier molecular flexibility index (Phi) is 5.84. The first kappa shape index (κ1) is 17.1. The van der Waals surface area contributed by atoms with Crippen molar-refractivity contribution in [2.45, 2.75) is 6.92 Å². The maximum atomic E-state index is 12.0. The highest BCUT2D eigenvalue weighted by molar-refractivity contribution is 6.43. The number of hydrazine groups is 1. The van der Waals surface area contributed by atoms with E-state index in [2.05, 4.69) is 10.9 Å². The van der Waals surface area contributed by atoms with Gasteiger partial charge in [0.15, 0.2) is 0 Å². The molecule has 0 radical (unpaired) electrons. The molecule has 0 aliphatic rings. The summed E-state index contributed by atoms with van der Waals surface area (Å²) in [5, 5.41) is 0.388. The molecule has 2 N–H and O–H groups in total. The molecule has 0 bridgehead atoms. The zero-order valence-corrected chi connectivity index (χ0v) is 13.7. The first-order valence-electron chi connectivity index (χ1n) is 6.80. The van der Waals surface area contributed by atoms with Crippen LogP contribution < -0.4 is 15.6 Å². The second-order valence-corrected chi connectivity index (χ2v) is 5.25. The molecular formula is C16H14Cl2N2O3. The van der Waals surface area contributed by atoms with Crippen molar-refractivity contribution in [2.24, 2.45) is 0 Å². The Labute approximate surface area is 143 Å². The van der Waals surface area contributed by atoms with Gasteiger partial charge in [-0.3, -0.25) is 20.4 Å². The fourth-order valence-electron chi connectivity index (χ4n) is 1.80. The molecule has 0 spiro atoms. The summed E-state index contributed by atoms with van der Waals surface area (Å²) < 4.78 is 5.29. The zero-order chi connectivity index (χ0) is 16.8. The van der Waals surface area contributed by atoms with Gasteiger partial charge in [0.1, 0.15) is 5.75 Å². The molecule has 0 aliphatic carbocycles. The number of hydrogen-bond donors (Lipinski definition) is 2. The number of hydrogen-bond acceptors (Lipinski definition) is 3. The number of benzene rings is 2. The van der Waals surface area contributed by atoms with Gasteiger partial charge in [-0.15, -0.1) is 0 Å². The summed E-state index contributed by atoms with van der Waals surface area (Å²) in [6, 6.07) is 11.2. The molecule has 7 heteroatoms. The van der Waals surface area contributed by atoms with Crippen LogP contribution in [0.3, 0.4) is 0 Å². The Morgan fingerprint density at radius 2 is 1.65 bits per heavy atom. The van der Waals surface area contributed by atoms with E-state index in [-0.39, 0.29) is 15.6 Å². The van der Waals surface area contributed by atoms with Gasteiger partial charge in [0, 0.05) is 5.56 Å². The lowest BCUT2D eigenvalue weighted by Gasteiger charge is -2.09. The molecule has 2 rings (SSSR count). The predicted octanol–water partition coefficient (Wildman–Crippen LogP) is 3.47. The van der Waals surface area contributed by atoms with E-state index in [0.717, 1.165) is 0 Å². The van der Waals surface area contributed by atoms with Crippen molar-refractivity contribution in [3.63, 3.8) is 0 Å². The quantitative estimate of drug-likeness (QED) is 0.828. The van der Waals surface area contributed by atoms with Crippen LogP contribution in [0.4, 0.5) is 0 Å². The monoisotopic (exact) mass is 352 g/mol. The van der Waals surface area contributed by atoms with Crippen molar-refractivity contribution in [1.82, 2.24) is 10.9 Å². The van der Waals surface area contributed by atoms with Gasteiger partial charge in [0.25, 0.3) is 11.8 Å². The summed E-state index contributed by atoms with van der Waals surface area (Å²) in [7, 11) is 0. The maximum absolute atomic E-state index is 12.0. The fraction of sp³-hybridized carbons (Fsp3) is 0.125. The average Bonchev–Trinajstić information content (AvgIpc) is 2.56. The number of carbonyl (C=O) groups excluding carboxylic acids is 2. The second-order valence-electron chi connectivity index (χ2n) is 4.47. The van der Waals surface area contributed by atoms with Crippen LogP contribution in [-0.4, -0.2) is 18.4 Å². The van der Waals surface area contributed by atoms with Crippen LogP contribution in [0.15, 0.2) is 42.5 Å². The predicted molar refractivity (Wildman–Crippen MR) is 89.0 cm³/mol. The lowest BCUT2D eigenvalue weighted by atomic mass is 10.2. The fourth-order valence-corrected chi connectivity index (χ4v) is 2.19. The van der Waals surface area contributed by atoms with Crippen molar-refractivity contribution < 1.29 is 14.3 Å². The van der Waals surface area contributed by atoms with E-state index < -0.39 is 11.8 Å². The first-order valence-corrected chi connectivity index (χ1v) is 7.56. The number of amides is 2. The molecule has 23 heavy (non-hydrogen) atoms. The molecule has 0 unspecified atom stereocenters. The topological polar surface area (TPSA) is 67.4 Å². The summed E-state index contributed by atoms with van der Waals surface area (Å²) >= 11 is 11.8. The van der Waals surface area contributed by atoms with Gasteiger partial charge in [0.2, 0.25) is 0 Å². The van der Waals surface area contributed by atoms with Gasteiger partial charge in [-0.05, 0) is 43.3 Å². The van der Waals surface area contributed by atoms with Crippen molar-refractivity contribution in [2.75, 3.05) is 6.61 Å². The Morgan fingerprint density at radius 3 is 2.30 bits per heavy atom. The molecule has 0 aromatic heterocycles. The van der Waals surface area contributed by atoms with E-state index in [4.69, 9.17) is 27.9 Å². The van der Waals surface area contributed by atoms with Crippen molar-refractivity contribution in [1.29, 1.82) is 0 Å². The zero-order valence-electron chi connectivity index (χ0n) is 12.2. The molecule has 0 aliphatic heterocycles. The van der Waals surface area contributed by atoms with E-state index in [9.17, 15) is 9.59 Å². The van der Waals surface area contributed by atoms with Crippen LogP contribution in [0.25, 0.3) is 0 Å². The van der Waals surface area contributed by atoms with Gasteiger partial charge in [-0.1, -0.05) is 29.3 Å². The second kappa shape index (κ2) is 7.85. The number of halogens is 2. The van der Waals surface area contributed by atoms with Gasteiger partial charge >= 0.3 is 0 Å². The highest BCUT2D eigenvalue weighted by Gasteiger charge is 2.13. The van der Waals surface area contributed by atoms with Gasteiger partial charge in [-0.2, -0.15) is 0 Å². The standard InChI is InChI=1S/C16H14Cl2N2O3/c1-2-23-11-8-6-10(7-9-11)15(21)19-20-16(22)12-4-3-5-13(17)14(12)18/h3-9H,2H2,1H3,(H,19,21)(H,20,22). The molecule has 2 amide bonds. The van der Waals surface area contributed by atoms with Crippen LogP contribution >= 0.6 is 23.2 Å². The molecule has 2 aromatic carbocycles. The van der Waals surface area contributed by atoms with Gasteiger partial charge in [0.05, 0.1) is 22.2 Å². The molecule has 120 valence electrons. The van der Waals surface area contributed by atoms with Crippen LogP contribution in [0.1, 0.15) is 27.6 Å². The third kappa shape index (κ3) is 4.37. The van der Waals surface area contributed by atoms with Crippen LogP contribution in [0.2, 0.25) is 10.0 Å². The molecule has 0 atom stereocenters. The minimum Gasteiger partial charge on any atom is -0.494 e. The van der Waals surface area contributed by atoms with Crippen molar-refractivity contribution in [3.05, 3.63) is 63.6 Å². The maximum Gasteiger partial charge on any atom is 0.271 e. The van der Waals surface area contributed by atoms with E-state index in [1.165, 1.54) is 6.07 Å². The minimum atomic E-state index is -0.559. The Bertz CT molecular complexity index is 718. The molecule has 5 nitrogen and oxygen atoms in total. The Morgan fingerprint density at radius 1 is 1.00 bits per heavy atom. The van der Waals surface area contributed by atoms with E-state index in [0.29, 0.717) is 17.9 Å². The number of carbonyl (C=O) groups is 2. The largest absolute Gasteiger partial charge is 0.494 e. The van der Waals surface area contributed by atoms with Crippen LogP contribution in [0, 0.1) is 0 Å². The summed E-state index contributed by atoms with van der Waals surface area (Å²) in [5.74, 6) is -0.352. The van der Waals surface area contributed by atoms with Crippen molar-refractivity contribution >= 4 is 35.0 Å². The minimum absolute atomic E-state index is 0.127. The SMILES string of the molecule is CCOc1ccc(C(=O)NNC(=O)c2cccc(Cl)c2Cl)cc1. The molecule has 0 saturated heterocycles. The van der Waals surface area contributed by atoms with Crippen LogP contribution in [0.5, 0.6) is 5.75 Å². The normalized spacial score (nSPS) is 10.0. The number of rotatable bonds is 4. The summed E-state index contributed by atoms with van der Waals surface area (Å²) in [5.41, 5.74) is 5.16. The molecule has 2 aromatic rings. The molecular weight excluding hydrogens is 339 g/mol. The highest BCUT2D eigenvalue weighted by Crippen LogP contribution is 2.25. The van der Waals surface area contributed by atoms with Gasteiger partial charge in [-0.25, -0.2) is 0 Å². The summed E-state index contributed by atoms with van der Waals surface area (Å²) in [4.78, 5) is 24.0. The van der Waals surface area contributed by atoms with E-state index >= 15 is 0 Å².